The molecular weight excluding hydrogens is 150 g/mol. The third-order valence-electron chi connectivity index (χ3n) is 1.25. The first-order valence-electron chi connectivity index (χ1n) is 4.94. The molecular formula is C10H26NO+. The second-order valence-corrected chi connectivity index (χ2v) is 3.63. The summed E-state index contributed by atoms with van der Waals surface area (Å²) in [5.74, 6) is 0. The molecule has 2 nitrogen and oxygen atoms in total. The van der Waals surface area contributed by atoms with Gasteiger partial charge in [-0.25, -0.2) is 0 Å². The zero-order valence-electron chi connectivity index (χ0n) is 9.68. The summed E-state index contributed by atoms with van der Waals surface area (Å²) in [5.41, 5.74) is 0. The van der Waals surface area contributed by atoms with Gasteiger partial charge in [-0.05, 0) is 6.42 Å². The first-order chi connectivity index (χ1) is 5.56. The van der Waals surface area contributed by atoms with Gasteiger partial charge in [0.05, 0.1) is 27.7 Å². The molecule has 0 aromatic heterocycles. The van der Waals surface area contributed by atoms with Crippen molar-refractivity contribution in [3.05, 3.63) is 0 Å². The summed E-state index contributed by atoms with van der Waals surface area (Å²) in [6, 6.07) is 0. The van der Waals surface area contributed by atoms with Crippen molar-refractivity contribution >= 4 is 0 Å². The number of nitrogens with zero attached hydrogens (tertiary/aromatic N) is 1. The topological polar surface area (TPSA) is 9.23 Å². The van der Waals surface area contributed by atoms with Gasteiger partial charge in [0.15, 0.2) is 0 Å². The van der Waals surface area contributed by atoms with Crippen LogP contribution >= 0.6 is 0 Å². The lowest BCUT2D eigenvalue weighted by atomic mass is 10.5. The predicted octanol–water partition coefficient (Wildman–Crippen LogP) is 2.15. The van der Waals surface area contributed by atoms with Gasteiger partial charge in [0.2, 0.25) is 0 Å². The van der Waals surface area contributed by atoms with Crippen molar-refractivity contribution in [3.8, 4) is 0 Å². The standard InChI is InChI=1S/C8H20NO.C2H6/c1-5-7-10-8-6-9(2,3)4;1-2/h5-8H2,1-4H3;1-2H3/q+1;. The van der Waals surface area contributed by atoms with E-state index in [0.29, 0.717) is 0 Å². The minimum atomic E-state index is 0.886. The number of quaternary nitrogens is 1. The number of ether oxygens (including phenoxy) is 1. The fourth-order valence-corrected chi connectivity index (χ4v) is 0.585. The second kappa shape index (κ2) is 9.01. The van der Waals surface area contributed by atoms with E-state index in [9.17, 15) is 0 Å². The minimum Gasteiger partial charge on any atom is -0.376 e. The lowest BCUT2D eigenvalue weighted by Gasteiger charge is -2.23. The molecule has 0 atom stereocenters. The van der Waals surface area contributed by atoms with E-state index in [-0.39, 0.29) is 0 Å². The molecule has 0 heterocycles. The summed E-state index contributed by atoms with van der Waals surface area (Å²) in [5, 5.41) is 0. The molecule has 0 aliphatic rings. The SMILES string of the molecule is CC.CCCOCC[N+](C)(C)C. The van der Waals surface area contributed by atoms with Gasteiger partial charge in [-0.2, -0.15) is 0 Å². The van der Waals surface area contributed by atoms with Gasteiger partial charge in [-0.3, -0.25) is 0 Å². The fourth-order valence-electron chi connectivity index (χ4n) is 0.585. The quantitative estimate of drug-likeness (QED) is 0.461. The lowest BCUT2D eigenvalue weighted by molar-refractivity contribution is -0.870. The Labute approximate surface area is 78.1 Å². The lowest BCUT2D eigenvalue weighted by Crippen LogP contribution is -2.37. The largest absolute Gasteiger partial charge is 0.376 e. The molecule has 0 rings (SSSR count). The van der Waals surface area contributed by atoms with E-state index in [1.165, 1.54) is 0 Å². The first kappa shape index (κ1) is 14.4. The predicted molar refractivity (Wildman–Crippen MR) is 55.4 cm³/mol. The van der Waals surface area contributed by atoms with Crippen molar-refractivity contribution < 1.29 is 9.22 Å². The summed E-state index contributed by atoms with van der Waals surface area (Å²) in [6.07, 6.45) is 1.12. The van der Waals surface area contributed by atoms with Gasteiger partial charge in [0.25, 0.3) is 0 Å². The Balaban J connectivity index is 0. The monoisotopic (exact) mass is 176 g/mol. The fraction of sp³-hybridized carbons (Fsp3) is 1.00. The highest BCUT2D eigenvalue weighted by molar-refractivity contribution is 4.29. The summed E-state index contributed by atoms with van der Waals surface area (Å²) in [6.45, 7) is 9.02. The molecule has 0 aliphatic carbocycles. The zero-order chi connectivity index (χ0) is 10.0. The van der Waals surface area contributed by atoms with Crippen LogP contribution in [0.4, 0.5) is 0 Å². The third-order valence-corrected chi connectivity index (χ3v) is 1.25. The summed E-state index contributed by atoms with van der Waals surface area (Å²) < 4.78 is 6.33. The minimum absolute atomic E-state index is 0.886. The molecule has 0 fully saturated rings. The van der Waals surface area contributed by atoms with E-state index in [4.69, 9.17) is 4.74 Å². The summed E-state index contributed by atoms with van der Waals surface area (Å²) in [7, 11) is 6.53. The molecule has 76 valence electrons. The molecule has 0 radical (unpaired) electrons. The van der Waals surface area contributed by atoms with Crippen molar-refractivity contribution in [1.29, 1.82) is 0 Å². The van der Waals surface area contributed by atoms with Crippen LogP contribution in [0.1, 0.15) is 27.2 Å². The van der Waals surface area contributed by atoms with Crippen LogP contribution in [0.2, 0.25) is 0 Å². The van der Waals surface area contributed by atoms with Gasteiger partial charge in [-0.15, -0.1) is 0 Å². The maximum atomic E-state index is 5.34. The van der Waals surface area contributed by atoms with Crippen LogP contribution in [0.15, 0.2) is 0 Å². The molecule has 0 aromatic carbocycles. The molecule has 2 heteroatoms. The number of likely N-dealkylation sites (N-methyl/N-ethyl adjacent to an activating group) is 1. The van der Waals surface area contributed by atoms with Crippen LogP contribution in [0.25, 0.3) is 0 Å². The van der Waals surface area contributed by atoms with Crippen molar-refractivity contribution in [1.82, 2.24) is 0 Å². The third kappa shape index (κ3) is 16.5. The Bertz CT molecular complexity index is 76.4. The first-order valence-corrected chi connectivity index (χ1v) is 4.94. The normalized spacial score (nSPS) is 10.5. The Morgan fingerprint density at radius 2 is 1.50 bits per heavy atom. The second-order valence-electron chi connectivity index (χ2n) is 3.63. The molecule has 0 spiro atoms. The van der Waals surface area contributed by atoms with Gasteiger partial charge < -0.3 is 9.22 Å². The maximum Gasteiger partial charge on any atom is 0.102 e. The Hall–Kier alpha value is -0.0800. The average Bonchev–Trinajstić information content (AvgIpc) is 2.01. The van der Waals surface area contributed by atoms with Crippen molar-refractivity contribution in [2.75, 3.05) is 40.9 Å². The van der Waals surface area contributed by atoms with E-state index in [1.807, 2.05) is 13.8 Å². The van der Waals surface area contributed by atoms with Crippen molar-refractivity contribution in [2.45, 2.75) is 27.2 Å². The molecule has 0 bridgehead atoms. The number of hydrogen-bond acceptors (Lipinski definition) is 1. The highest BCUT2D eigenvalue weighted by Crippen LogP contribution is 1.89. The Morgan fingerprint density at radius 1 is 1.00 bits per heavy atom. The maximum absolute atomic E-state index is 5.34. The number of rotatable bonds is 5. The summed E-state index contributed by atoms with van der Waals surface area (Å²) >= 11 is 0. The van der Waals surface area contributed by atoms with Crippen LogP contribution in [-0.4, -0.2) is 45.4 Å². The molecule has 0 unspecified atom stereocenters. The molecule has 0 amide bonds. The van der Waals surface area contributed by atoms with Crippen molar-refractivity contribution in [3.63, 3.8) is 0 Å². The van der Waals surface area contributed by atoms with Crippen LogP contribution in [0, 0.1) is 0 Å². The molecule has 0 saturated heterocycles. The van der Waals surface area contributed by atoms with E-state index in [0.717, 1.165) is 30.7 Å². The molecule has 0 aromatic rings. The van der Waals surface area contributed by atoms with Gasteiger partial charge >= 0.3 is 0 Å². The summed E-state index contributed by atoms with van der Waals surface area (Å²) in [4.78, 5) is 0. The van der Waals surface area contributed by atoms with Crippen LogP contribution < -0.4 is 0 Å². The van der Waals surface area contributed by atoms with E-state index in [2.05, 4.69) is 28.1 Å². The van der Waals surface area contributed by atoms with Crippen LogP contribution in [0.3, 0.4) is 0 Å². The molecule has 0 aliphatic heterocycles. The van der Waals surface area contributed by atoms with E-state index < -0.39 is 0 Å². The highest BCUT2D eigenvalue weighted by atomic mass is 16.5. The Kier molecular flexibility index (Phi) is 10.8. The highest BCUT2D eigenvalue weighted by Gasteiger charge is 2.04. The van der Waals surface area contributed by atoms with E-state index >= 15 is 0 Å². The van der Waals surface area contributed by atoms with Crippen molar-refractivity contribution in [2.24, 2.45) is 0 Å². The molecule has 12 heavy (non-hydrogen) atoms. The zero-order valence-corrected chi connectivity index (χ0v) is 9.68. The van der Waals surface area contributed by atoms with Gasteiger partial charge in [0, 0.05) is 6.61 Å². The van der Waals surface area contributed by atoms with E-state index in [1.54, 1.807) is 0 Å². The smallest absolute Gasteiger partial charge is 0.102 e. The number of hydrogen-bond donors (Lipinski definition) is 0. The molecule has 0 saturated carbocycles. The average molecular weight is 176 g/mol. The molecule has 0 N–H and O–H groups in total. The van der Waals surface area contributed by atoms with Crippen LogP contribution in [0.5, 0.6) is 0 Å². The van der Waals surface area contributed by atoms with Gasteiger partial charge in [0.1, 0.15) is 6.54 Å². The van der Waals surface area contributed by atoms with Crippen LogP contribution in [-0.2, 0) is 4.74 Å². The Morgan fingerprint density at radius 3 is 1.83 bits per heavy atom. The van der Waals surface area contributed by atoms with Gasteiger partial charge in [-0.1, -0.05) is 20.8 Å².